The van der Waals surface area contributed by atoms with Crippen LogP contribution in [-0.4, -0.2) is 11.6 Å². The molecule has 0 aliphatic carbocycles. The first-order chi connectivity index (χ1) is 9.95. The first kappa shape index (κ1) is 15.9. The summed E-state index contributed by atoms with van der Waals surface area (Å²) in [4.78, 5) is 5.59. The summed E-state index contributed by atoms with van der Waals surface area (Å²) in [5.41, 5.74) is 6.44. The van der Waals surface area contributed by atoms with Crippen LogP contribution in [0.4, 0.5) is 11.5 Å². The molecular weight excluding hydrogens is 306 g/mol. The van der Waals surface area contributed by atoms with Gasteiger partial charge in [0.15, 0.2) is 0 Å². The van der Waals surface area contributed by atoms with Gasteiger partial charge in [-0.15, -0.1) is 11.3 Å². The zero-order valence-corrected chi connectivity index (χ0v) is 14.0. The molecule has 114 valence electrons. The van der Waals surface area contributed by atoms with E-state index in [2.05, 4.69) is 31.1 Å². The Morgan fingerprint density at radius 1 is 1.29 bits per heavy atom. The number of aromatic nitrogens is 1. The third-order valence-corrected chi connectivity index (χ3v) is 4.24. The van der Waals surface area contributed by atoms with E-state index in [1.807, 2.05) is 18.2 Å². The molecule has 0 aliphatic heterocycles. The van der Waals surface area contributed by atoms with Gasteiger partial charge in [-0.05, 0) is 37.1 Å². The van der Waals surface area contributed by atoms with Gasteiger partial charge in [0.05, 0.1) is 22.7 Å². The van der Waals surface area contributed by atoms with Gasteiger partial charge < -0.3 is 15.8 Å². The fraction of sp³-hybridized carbons (Fsp3) is 0.400. The van der Waals surface area contributed by atoms with E-state index in [-0.39, 0.29) is 6.04 Å². The molecular formula is C15H20ClN3OS. The maximum Gasteiger partial charge on any atom is 0.239 e. The van der Waals surface area contributed by atoms with Crippen LogP contribution in [0.2, 0.25) is 4.34 Å². The first-order valence-corrected chi connectivity index (χ1v) is 8.06. The lowest BCUT2D eigenvalue weighted by atomic mass is 10.2. The number of ether oxygens (including phenoxy) is 1. The zero-order valence-electron chi connectivity index (χ0n) is 12.4. The standard InChI is InChI=1S/C15H20ClN3OS/c1-9(2)8-20-15-11(17)4-7-14(19-15)18-10(3)12-5-6-13(16)21-12/h4-7,9-10H,8,17H2,1-3H3,(H,18,19). The lowest BCUT2D eigenvalue weighted by Gasteiger charge is -2.15. The van der Waals surface area contributed by atoms with Crippen LogP contribution in [0.5, 0.6) is 5.88 Å². The Balaban J connectivity index is 2.07. The third-order valence-electron chi connectivity index (χ3n) is 2.83. The number of nitrogens with zero attached hydrogens (tertiary/aromatic N) is 1. The maximum absolute atomic E-state index is 5.96. The van der Waals surface area contributed by atoms with Gasteiger partial charge in [-0.25, -0.2) is 0 Å². The predicted octanol–water partition coefficient (Wildman–Crippen LogP) is 4.59. The van der Waals surface area contributed by atoms with Gasteiger partial charge in [-0.1, -0.05) is 25.4 Å². The van der Waals surface area contributed by atoms with Crippen LogP contribution >= 0.6 is 22.9 Å². The lowest BCUT2D eigenvalue weighted by molar-refractivity contribution is 0.263. The van der Waals surface area contributed by atoms with Crippen LogP contribution in [0.15, 0.2) is 24.3 Å². The van der Waals surface area contributed by atoms with E-state index in [0.29, 0.717) is 24.1 Å². The number of halogens is 1. The highest BCUT2D eigenvalue weighted by atomic mass is 35.5. The number of pyridine rings is 1. The van der Waals surface area contributed by atoms with E-state index in [4.69, 9.17) is 22.1 Å². The van der Waals surface area contributed by atoms with E-state index in [9.17, 15) is 0 Å². The van der Waals surface area contributed by atoms with E-state index in [1.165, 1.54) is 0 Å². The summed E-state index contributed by atoms with van der Waals surface area (Å²) in [6.07, 6.45) is 0. The molecule has 2 aromatic rings. The van der Waals surface area contributed by atoms with Crippen LogP contribution in [0.3, 0.4) is 0 Å². The summed E-state index contributed by atoms with van der Waals surface area (Å²) in [6, 6.07) is 7.69. The first-order valence-electron chi connectivity index (χ1n) is 6.86. The molecule has 2 heterocycles. The highest BCUT2D eigenvalue weighted by Gasteiger charge is 2.11. The molecule has 4 nitrogen and oxygen atoms in total. The van der Waals surface area contributed by atoms with Gasteiger partial charge in [-0.3, -0.25) is 0 Å². The van der Waals surface area contributed by atoms with E-state index in [1.54, 1.807) is 17.4 Å². The molecule has 3 N–H and O–H groups in total. The Hall–Kier alpha value is -1.46. The summed E-state index contributed by atoms with van der Waals surface area (Å²) in [6.45, 7) is 6.83. The topological polar surface area (TPSA) is 60.2 Å². The van der Waals surface area contributed by atoms with Gasteiger partial charge >= 0.3 is 0 Å². The van der Waals surface area contributed by atoms with Crippen LogP contribution in [0, 0.1) is 5.92 Å². The molecule has 1 atom stereocenters. The Kier molecular flexibility index (Phi) is 5.31. The quantitative estimate of drug-likeness (QED) is 0.815. The molecule has 6 heteroatoms. The van der Waals surface area contributed by atoms with Gasteiger partial charge in [0.2, 0.25) is 5.88 Å². The Morgan fingerprint density at radius 2 is 2.05 bits per heavy atom. The average molecular weight is 326 g/mol. The molecule has 0 amide bonds. The average Bonchev–Trinajstić information content (AvgIpc) is 2.86. The second-order valence-electron chi connectivity index (χ2n) is 5.30. The summed E-state index contributed by atoms with van der Waals surface area (Å²) >= 11 is 7.52. The van der Waals surface area contributed by atoms with Crippen molar-refractivity contribution in [2.24, 2.45) is 5.92 Å². The molecule has 2 aromatic heterocycles. The van der Waals surface area contributed by atoms with Crippen LogP contribution in [0.25, 0.3) is 0 Å². The van der Waals surface area contributed by atoms with Crippen molar-refractivity contribution in [1.82, 2.24) is 4.98 Å². The smallest absolute Gasteiger partial charge is 0.239 e. The van der Waals surface area contributed by atoms with Crippen molar-refractivity contribution in [2.45, 2.75) is 26.8 Å². The number of thiophene rings is 1. The fourth-order valence-corrected chi connectivity index (χ4v) is 2.81. The van der Waals surface area contributed by atoms with Crippen LogP contribution in [-0.2, 0) is 0 Å². The lowest BCUT2D eigenvalue weighted by Crippen LogP contribution is -2.10. The maximum atomic E-state index is 5.96. The number of hydrogen-bond acceptors (Lipinski definition) is 5. The fourth-order valence-electron chi connectivity index (χ4n) is 1.75. The normalized spacial score (nSPS) is 12.4. The van der Waals surface area contributed by atoms with Crippen molar-refractivity contribution in [3.05, 3.63) is 33.5 Å². The second kappa shape index (κ2) is 7.00. The molecule has 2 rings (SSSR count). The molecule has 0 bridgehead atoms. The van der Waals surface area contributed by atoms with Gasteiger partial charge in [0, 0.05) is 4.88 Å². The highest BCUT2D eigenvalue weighted by molar-refractivity contribution is 7.16. The minimum absolute atomic E-state index is 0.122. The van der Waals surface area contributed by atoms with Crippen molar-refractivity contribution in [2.75, 3.05) is 17.7 Å². The minimum atomic E-state index is 0.122. The SMILES string of the molecule is CC(C)COc1nc(NC(C)c2ccc(Cl)s2)ccc1N. The molecule has 0 fully saturated rings. The van der Waals surface area contributed by atoms with Gasteiger partial charge in [0.25, 0.3) is 0 Å². The molecule has 0 saturated heterocycles. The summed E-state index contributed by atoms with van der Waals surface area (Å²) in [5.74, 6) is 1.64. The largest absolute Gasteiger partial charge is 0.476 e. The predicted molar refractivity (Wildman–Crippen MR) is 90.3 cm³/mol. The van der Waals surface area contributed by atoms with E-state index < -0.39 is 0 Å². The Morgan fingerprint density at radius 3 is 2.67 bits per heavy atom. The van der Waals surface area contributed by atoms with E-state index in [0.717, 1.165) is 15.0 Å². The number of rotatable bonds is 6. The zero-order chi connectivity index (χ0) is 15.4. The van der Waals surface area contributed by atoms with Crippen molar-refractivity contribution < 1.29 is 4.74 Å². The highest BCUT2D eigenvalue weighted by Crippen LogP contribution is 2.29. The van der Waals surface area contributed by atoms with Crippen molar-refractivity contribution in [3.63, 3.8) is 0 Å². The molecule has 21 heavy (non-hydrogen) atoms. The summed E-state index contributed by atoms with van der Waals surface area (Å²) < 4.78 is 6.42. The van der Waals surface area contributed by atoms with Crippen LogP contribution < -0.4 is 15.8 Å². The summed E-state index contributed by atoms with van der Waals surface area (Å²) in [7, 11) is 0. The van der Waals surface area contributed by atoms with Crippen molar-refractivity contribution in [3.8, 4) is 5.88 Å². The van der Waals surface area contributed by atoms with Gasteiger partial charge in [0.1, 0.15) is 5.82 Å². The Bertz CT molecular complexity index is 600. The third kappa shape index (κ3) is 4.51. The number of anilines is 2. The van der Waals surface area contributed by atoms with Crippen molar-refractivity contribution in [1.29, 1.82) is 0 Å². The van der Waals surface area contributed by atoms with Crippen molar-refractivity contribution >= 4 is 34.4 Å². The Labute approximate surface area is 134 Å². The number of nitrogens with two attached hydrogens (primary N) is 1. The second-order valence-corrected chi connectivity index (χ2v) is 7.05. The molecule has 1 unspecified atom stereocenters. The molecule has 0 radical (unpaired) electrons. The van der Waals surface area contributed by atoms with E-state index >= 15 is 0 Å². The minimum Gasteiger partial charge on any atom is -0.476 e. The van der Waals surface area contributed by atoms with Gasteiger partial charge in [-0.2, -0.15) is 4.98 Å². The van der Waals surface area contributed by atoms with Crippen LogP contribution in [0.1, 0.15) is 31.7 Å². The number of hydrogen-bond donors (Lipinski definition) is 2. The number of nitrogen functional groups attached to an aromatic ring is 1. The molecule has 0 spiro atoms. The molecule has 0 aromatic carbocycles. The summed E-state index contributed by atoms with van der Waals surface area (Å²) in [5, 5.41) is 3.33. The number of nitrogens with one attached hydrogen (secondary N) is 1. The molecule has 0 aliphatic rings. The molecule has 0 saturated carbocycles. The monoisotopic (exact) mass is 325 g/mol.